The average molecular weight is 192 g/mol. The minimum Gasteiger partial charge on any atom is -0.290 e. The molecule has 0 amide bonds. The quantitative estimate of drug-likeness (QED) is 0.718. The van der Waals surface area contributed by atoms with Gasteiger partial charge in [0.15, 0.2) is 0 Å². The summed E-state index contributed by atoms with van der Waals surface area (Å²) in [6.45, 7) is 1.70. The molecule has 74 valence electrons. The van der Waals surface area contributed by atoms with E-state index in [1.807, 2.05) is 0 Å². The van der Waals surface area contributed by atoms with E-state index in [1.54, 1.807) is 44.1 Å². The van der Waals surface area contributed by atoms with Crippen LogP contribution in [-0.4, -0.2) is 19.0 Å². The van der Waals surface area contributed by atoms with E-state index in [1.165, 1.54) is 0 Å². The molecular weight excluding hydrogens is 179 g/mol. The van der Waals surface area contributed by atoms with E-state index >= 15 is 0 Å². The minimum absolute atomic E-state index is 0.284. The molecule has 0 saturated heterocycles. The fourth-order valence-electron chi connectivity index (χ4n) is 1.34. The van der Waals surface area contributed by atoms with Crippen molar-refractivity contribution in [2.24, 2.45) is 0 Å². The fraction of sp³-hybridized carbons (Fsp3) is 0.364. The van der Waals surface area contributed by atoms with Crippen molar-refractivity contribution in [1.29, 1.82) is 5.26 Å². The summed E-state index contributed by atoms with van der Waals surface area (Å²) in [6, 6.07) is 6.66. The highest BCUT2D eigenvalue weighted by molar-refractivity contribution is 5.30. The van der Waals surface area contributed by atoms with Crippen LogP contribution in [0, 0.1) is 24.1 Å². The molecule has 0 saturated carbocycles. The van der Waals surface area contributed by atoms with Crippen molar-refractivity contribution in [3.8, 4) is 6.07 Å². The van der Waals surface area contributed by atoms with Crippen LogP contribution in [0.1, 0.15) is 17.2 Å². The largest absolute Gasteiger partial charge is 0.290 e. The van der Waals surface area contributed by atoms with E-state index < -0.39 is 6.04 Å². The van der Waals surface area contributed by atoms with Gasteiger partial charge in [-0.1, -0.05) is 18.2 Å². The molecule has 0 radical (unpaired) electrons. The van der Waals surface area contributed by atoms with Gasteiger partial charge >= 0.3 is 0 Å². The van der Waals surface area contributed by atoms with Crippen LogP contribution in [0.2, 0.25) is 0 Å². The van der Waals surface area contributed by atoms with Gasteiger partial charge in [-0.15, -0.1) is 0 Å². The first-order valence-corrected chi connectivity index (χ1v) is 4.39. The third kappa shape index (κ3) is 1.91. The van der Waals surface area contributed by atoms with Gasteiger partial charge in [-0.05, 0) is 26.6 Å². The van der Waals surface area contributed by atoms with Crippen LogP contribution < -0.4 is 0 Å². The summed E-state index contributed by atoms with van der Waals surface area (Å²) in [4.78, 5) is 1.69. The molecule has 0 aliphatic heterocycles. The number of hydrogen-bond acceptors (Lipinski definition) is 2. The Balaban J connectivity index is 3.19. The molecule has 3 heteroatoms. The van der Waals surface area contributed by atoms with Gasteiger partial charge in [-0.3, -0.25) is 4.90 Å². The molecule has 0 heterocycles. The zero-order valence-electron chi connectivity index (χ0n) is 8.58. The molecule has 2 nitrogen and oxygen atoms in total. The Morgan fingerprint density at radius 1 is 1.43 bits per heavy atom. The predicted octanol–water partition coefficient (Wildman–Crippen LogP) is 2.26. The number of hydrogen-bond donors (Lipinski definition) is 0. The molecule has 0 aliphatic rings. The van der Waals surface area contributed by atoms with Crippen LogP contribution in [0.4, 0.5) is 4.39 Å². The zero-order valence-corrected chi connectivity index (χ0v) is 8.58. The molecule has 14 heavy (non-hydrogen) atoms. The van der Waals surface area contributed by atoms with Gasteiger partial charge in [0, 0.05) is 5.56 Å². The Kier molecular flexibility index (Phi) is 3.21. The van der Waals surface area contributed by atoms with Crippen molar-refractivity contribution in [2.75, 3.05) is 14.1 Å². The maximum absolute atomic E-state index is 13.6. The first-order chi connectivity index (χ1) is 6.57. The summed E-state index contributed by atoms with van der Waals surface area (Å²) in [6.07, 6.45) is 0. The Morgan fingerprint density at radius 2 is 2.07 bits per heavy atom. The van der Waals surface area contributed by atoms with Crippen molar-refractivity contribution >= 4 is 0 Å². The summed E-state index contributed by atoms with van der Waals surface area (Å²) in [7, 11) is 3.52. The second-order valence-corrected chi connectivity index (χ2v) is 3.47. The highest BCUT2D eigenvalue weighted by Gasteiger charge is 2.17. The summed E-state index contributed by atoms with van der Waals surface area (Å²) in [5.41, 5.74) is 1.02. The van der Waals surface area contributed by atoms with E-state index in [-0.39, 0.29) is 5.82 Å². The van der Waals surface area contributed by atoms with Crippen LogP contribution in [0.3, 0.4) is 0 Å². The highest BCUT2D eigenvalue weighted by Crippen LogP contribution is 2.22. The molecule has 0 N–H and O–H groups in total. The van der Waals surface area contributed by atoms with Gasteiger partial charge in [0.1, 0.15) is 11.9 Å². The summed E-state index contributed by atoms with van der Waals surface area (Å²) in [5, 5.41) is 8.91. The number of aryl methyl sites for hydroxylation is 1. The lowest BCUT2D eigenvalue weighted by Gasteiger charge is -2.18. The molecule has 0 aliphatic carbocycles. The fourth-order valence-corrected chi connectivity index (χ4v) is 1.34. The number of benzene rings is 1. The van der Waals surface area contributed by atoms with Crippen molar-refractivity contribution in [1.82, 2.24) is 4.90 Å². The third-order valence-electron chi connectivity index (χ3n) is 2.15. The van der Waals surface area contributed by atoms with E-state index in [9.17, 15) is 4.39 Å². The lowest BCUT2D eigenvalue weighted by molar-refractivity contribution is 0.349. The molecule has 0 spiro atoms. The Morgan fingerprint density at radius 3 is 2.57 bits per heavy atom. The molecule has 1 aromatic carbocycles. The van der Waals surface area contributed by atoms with Crippen LogP contribution in [0.5, 0.6) is 0 Å². The summed E-state index contributed by atoms with van der Waals surface area (Å²) >= 11 is 0. The Hall–Kier alpha value is -1.40. The van der Waals surface area contributed by atoms with E-state index in [2.05, 4.69) is 6.07 Å². The predicted molar refractivity (Wildman–Crippen MR) is 53.2 cm³/mol. The van der Waals surface area contributed by atoms with E-state index in [0.29, 0.717) is 11.1 Å². The van der Waals surface area contributed by atoms with Crippen LogP contribution >= 0.6 is 0 Å². The molecule has 1 rings (SSSR count). The lowest BCUT2D eigenvalue weighted by atomic mass is 10.0. The van der Waals surface area contributed by atoms with Gasteiger partial charge in [0.2, 0.25) is 0 Å². The van der Waals surface area contributed by atoms with Crippen LogP contribution in [-0.2, 0) is 0 Å². The molecule has 1 aromatic rings. The summed E-state index contributed by atoms with van der Waals surface area (Å²) < 4.78 is 13.6. The molecule has 0 fully saturated rings. The molecular formula is C11H13FN2. The normalized spacial score (nSPS) is 12.6. The first-order valence-electron chi connectivity index (χ1n) is 4.39. The molecule has 0 bridgehead atoms. The van der Waals surface area contributed by atoms with Crippen molar-refractivity contribution in [3.63, 3.8) is 0 Å². The minimum atomic E-state index is -0.519. The SMILES string of the molecule is Cc1cccc(C(C#N)N(C)C)c1F. The highest BCUT2D eigenvalue weighted by atomic mass is 19.1. The number of nitrogens with zero attached hydrogens (tertiary/aromatic N) is 2. The number of rotatable bonds is 2. The van der Waals surface area contributed by atoms with Crippen molar-refractivity contribution < 1.29 is 4.39 Å². The topological polar surface area (TPSA) is 27.0 Å². The van der Waals surface area contributed by atoms with Gasteiger partial charge in [-0.2, -0.15) is 5.26 Å². The van der Waals surface area contributed by atoms with Gasteiger partial charge in [0.25, 0.3) is 0 Å². The molecule has 0 aromatic heterocycles. The van der Waals surface area contributed by atoms with Gasteiger partial charge < -0.3 is 0 Å². The van der Waals surface area contributed by atoms with Gasteiger partial charge in [-0.25, -0.2) is 4.39 Å². The molecule has 1 atom stereocenters. The Bertz CT molecular complexity index is 366. The van der Waals surface area contributed by atoms with E-state index in [4.69, 9.17) is 5.26 Å². The summed E-state index contributed by atoms with van der Waals surface area (Å²) in [5.74, 6) is -0.284. The monoisotopic (exact) mass is 192 g/mol. The van der Waals surface area contributed by atoms with E-state index in [0.717, 1.165) is 0 Å². The number of halogens is 1. The van der Waals surface area contributed by atoms with Gasteiger partial charge in [0.05, 0.1) is 6.07 Å². The molecule has 1 unspecified atom stereocenters. The average Bonchev–Trinajstić information content (AvgIpc) is 2.13. The maximum Gasteiger partial charge on any atom is 0.131 e. The smallest absolute Gasteiger partial charge is 0.131 e. The zero-order chi connectivity index (χ0) is 10.7. The first kappa shape index (κ1) is 10.7. The van der Waals surface area contributed by atoms with Crippen LogP contribution in [0.25, 0.3) is 0 Å². The second kappa shape index (κ2) is 4.21. The van der Waals surface area contributed by atoms with Crippen molar-refractivity contribution in [3.05, 3.63) is 35.1 Å². The van der Waals surface area contributed by atoms with Crippen LogP contribution in [0.15, 0.2) is 18.2 Å². The Labute approximate surface area is 83.6 Å². The standard InChI is InChI=1S/C11H13FN2/c1-8-5-4-6-9(11(8)12)10(7-13)14(2)3/h4-6,10H,1-3H3. The third-order valence-corrected chi connectivity index (χ3v) is 2.15. The van der Waals surface area contributed by atoms with Crippen molar-refractivity contribution in [2.45, 2.75) is 13.0 Å². The number of nitriles is 1. The second-order valence-electron chi connectivity index (χ2n) is 3.47. The lowest BCUT2D eigenvalue weighted by Crippen LogP contribution is -2.19. The maximum atomic E-state index is 13.6.